The van der Waals surface area contributed by atoms with Crippen LogP contribution in [0.5, 0.6) is 0 Å². The highest BCUT2D eigenvalue weighted by atomic mass is 16.2. The number of hydrogen-bond acceptors (Lipinski definition) is 3. The molecule has 2 saturated heterocycles. The first-order valence-electron chi connectivity index (χ1n) is 4.90. The smallest absolute Gasteiger partial charge is 0.244 e. The van der Waals surface area contributed by atoms with Crippen molar-refractivity contribution < 1.29 is 9.59 Å². The first kappa shape index (κ1) is 8.69. The van der Waals surface area contributed by atoms with Crippen LogP contribution in [0.2, 0.25) is 0 Å². The van der Waals surface area contributed by atoms with E-state index in [0.29, 0.717) is 12.8 Å². The number of hydrogen-bond donors (Lipinski definition) is 0. The van der Waals surface area contributed by atoms with Gasteiger partial charge in [0.25, 0.3) is 0 Å². The van der Waals surface area contributed by atoms with Gasteiger partial charge in [-0.25, -0.2) is 10.0 Å². The van der Waals surface area contributed by atoms with Gasteiger partial charge in [-0.1, -0.05) is 6.42 Å². The van der Waals surface area contributed by atoms with E-state index < -0.39 is 0 Å². The van der Waals surface area contributed by atoms with Crippen LogP contribution in [0.3, 0.4) is 0 Å². The maximum Gasteiger partial charge on any atom is 0.244 e. The molecule has 0 aromatic rings. The molecule has 2 amide bonds. The van der Waals surface area contributed by atoms with Gasteiger partial charge in [-0.3, -0.25) is 9.59 Å². The zero-order valence-electron chi connectivity index (χ0n) is 7.66. The number of carbonyl (C=O) groups is 2. The Morgan fingerprint density at radius 2 is 1.38 bits per heavy atom. The van der Waals surface area contributed by atoms with Crippen LogP contribution in [0.1, 0.15) is 32.1 Å². The Hall–Kier alpha value is -0.900. The SMILES string of the molecule is O=C1CCC(=O)N1N1CCCCC1. The lowest BCUT2D eigenvalue weighted by atomic mass is 10.2. The fourth-order valence-electron chi connectivity index (χ4n) is 1.96. The summed E-state index contributed by atoms with van der Waals surface area (Å²) in [5, 5.41) is 3.26. The molecule has 0 saturated carbocycles. The third-order valence-corrected chi connectivity index (χ3v) is 2.64. The highest BCUT2D eigenvalue weighted by Crippen LogP contribution is 2.18. The molecule has 0 N–H and O–H groups in total. The van der Waals surface area contributed by atoms with E-state index in [1.54, 1.807) is 0 Å². The second-order valence-electron chi connectivity index (χ2n) is 3.61. The summed E-state index contributed by atoms with van der Waals surface area (Å²) < 4.78 is 0. The molecule has 0 bridgehead atoms. The first-order chi connectivity index (χ1) is 6.29. The molecule has 0 aromatic heterocycles. The normalized spacial score (nSPS) is 25.7. The molecule has 13 heavy (non-hydrogen) atoms. The third-order valence-electron chi connectivity index (χ3n) is 2.64. The zero-order valence-corrected chi connectivity index (χ0v) is 7.66. The minimum Gasteiger partial charge on any atom is -0.273 e. The lowest BCUT2D eigenvalue weighted by Crippen LogP contribution is -2.48. The molecule has 0 atom stereocenters. The van der Waals surface area contributed by atoms with Crippen LogP contribution in [0.15, 0.2) is 0 Å². The van der Waals surface area contributed by atoms with Crippen LogP contribution >= 0.6 is 0 Å². The minimum absolute atomic E-state index is 0.0214. The molecule has 0 aromatic carbocycles. The summed E-state index contributed by atoms with van der Waals surface area (Å²) >= 11 is 0. The number of nitrogens with zero attached hydrogens (tertiary/aromatic N) is 2. The van der Waals surface area contributed by atoms with Crippen LogP contribution < -0.4 is 0 Å². The molecule has 0 unspecified atom stereocenters. The van der Waals surface area contributed by atoms with E-state index in [-0.39, 0.29) is 11.8 Å². The Kier molecular flexibility index (Phi) is 2.31. The fraction of sp³-hybridized carbons (Fsp3) is 0.778. The minimum atomic E-state index is -0.0214. The molecule has 72 valence electrons. The van der Waals surface area contributed by atoms with Gasteiger partial charge in [0.15, 0.2) is 0 Å². The Bertz CT molecular complexity index is 218. The summed E-state index contributed by atoms with van der Waals surface area (Å²) in [6, 6.07) is 0. The topological polar surface area (TPSA) is 40.6 Å². The highest BCUT2D eigenvalue weighted by Gasteiger charge is 2.34. The standard InChI is InChI=1S/C9H14N2O2/c12-8-4-5-9(13)11(8)10-6-2-1-3-7-10/h1-7H2. The van der Waals surface area contributed by atoms with Gasteiger partial charge in [0.1, 0.15) is 0 Å². The summed E-state index contributed by atoms with van der Waals surface area (Å²) in [5.74, 6) is -0.0428. The molecule has 0 spiro atoms. The zero-order chi connectivity index (χ0) is 9.26. The van der Waals surface area contributed by atoms with Gasteiger partial charge in [0.05, 0.1) is 0 Å². The van der Waals surface area contributed by atoms with Crippen molar-refractivity contribution in [3.8, 4) is 0 Å². The molecule has 4 heteroatoms. The van der Waals surface area contributed by atoms with Crippen molar-refractivity contribution in [3.05, 3.63) is 0 Å². The molecule has 2 fully saturated rings. The van der Waals surface area contributed by atoms with E-state index in [4.69, 9.17) is 0 Å². The maximum absolute atomic E-state index is 11.3. The predicted octanol–water partition coefficient (Wildman–Crippen LogP) is 0.536. The van der Waals surface area contributed by atoms with Crippen LogP contribution in [-0.4, -0.2) is 34.9 Å². The van der Waals surface area contributed by atoms with E-state index in [1.807, 2.05) is 5.01 Å². The Balaban J connectivity index is 2.05. The Morgan fingerprint density at radius 3 is 1.92 bits per heavy atom. The van der Waals surface area contributed by atoms with Crippen molar-refractivity contribution in [2.45, 2.75) is 32.1 Å². The molecule has 2 aliphatic rings. The molecule has 4 nitrogen and oxygen atoms in total. The fourth-order valence-corrected chi connectivity index (χ4v) is 1.96. The number of rotatable bonds is 1. The summed E-state index contributed by atoms with van der Waals surface area (Å²) in [4.78, 5) is 22.7. The number of carbonyl (C=O) groups excluding carboxylic acids is 2. The summed E-state index contributed by atoms with van der Waals surface area (Å²) in [6.07, 6.45) is 4.20. The highest BCUT2D eigenvalue weighted by molar-refractivity contribution is 6.01. The average Bonchev–Trinajstić information content (AvgIpc) is 2.48. The largest absolute Gasteiger partial charge is 0.273 e. The Labute approximate surface area is 77.5 Å². The molecule has 2 heterocycles. The average molecular weight is 182 g/mol. The van der Waals surface area contributed by atoms with E-state index in [2.05, 4.69) is 0 Å². The van der Waals surface area contributed by atoms with Crippen molar-refractivity contribution in [3.63, 3.8) is 0 Å². The van der Waals surface area contributed by atoms with Gasteiger partial charge < -0.3 is 0 Å². The molecule has 0 radical (unpaired) electrons. The second-order valence-corrected chi connectivity index (χ2v) is 3.61. The van der Waals surface area contributed by atoms with Gasteiger partial charge in [-0.15, -0.1) is 0 Å². The van der Waals surface area contributed by atoms with E-state index in [1.165, 1.54) is 11.4 Å². The van der Waals surface area contributed by atoms with Crippen LogP contribution in [0, 0.1) is 0 Å². The molecular formula is C9H14N2O2. The number of amides is 2. The van der Waals surface area contributed by atoms with Gasteiger partial charge in [-0.2, -0.15) is 0 Å². The first-order valence-corrected chi connectivity index (χ1v) is 4.90. The monoisotopic (exact) mass is 182 g/mol. The van der Waals surface area contributed by atoms with Crippen molar-refractivity contribution in [1.82, 2.24) is 10.0 Å². The maximum atomic E-state index is 11.3. The molecule has 2 rings (SSSR count). The summed E-state index contributed by atoms with van der Waals surface area (Å²) in [6.45, 7) is 1.72. The van der Waals surface area contributed by atoms with Crippen LogP contribution in [0.25, 0.3) is 0 Å². The van der Waals surface area contributed by atoms with Crippen LogP contribution in [-0.2, 0) is 9.59 Å². The van der Waals surface area contributed by atoms with E-state index in [0.717, 1.165) is 25.9 Å². The number of hydrazine groups is 1. The van der Waals surface area contributed by atoms with E-state index >= 15 is 0 Å². The lowest BCUT2D eigenvalue weighted by Gasteiger charge is -2.32. The van der Waals surface area contributed by atoms with Crippen LogP contribution in [0.4, 0.5) is 0 Å². The number of imide groups is 1. The van der Waals surface area contributed by atoms with Gasteiger partial charge in [-0.05, 0) is 12.8 Å². The van der Waals surface area contributed by atoms with Crippen molar-refractivity contribution in [2.24, 2.45) is 0 Å². The number of piperidine rings is 1. The molecular weight excluding hydrogens is 168 g/mol. The van der Waals surface area contributed by atoms with Gasteiger partial charge >= 0.3 is 0 Å². The summed E-state index contributed by atoms with van der Waals surface area (Å²) in [7, 11) is 0. The predicted molar refractivity (Wildman–Crippen MR) is 46.5 cm³/mol. The second kappa shape index (κ2) is 3.46. The Morgan fingerprint density at radius 1 is 0.846 bits per heavy atom. The molecule has 2 aliphatic heterocycles. The lowest BCUT2D eigenvalue weighted by molar-refractivity contribution is -0.158. The quantitative estimate of drug-likeness (QED) is 0.556. The van der Waals surface area contributed by atoms with Gasteiger partial charge in [0.2, 0.25) is 11.8 Å². The van der Waals surface area contributed by atoms with Crippen molar-refractivity contribution in [2.75, 3.05) is 13.1 Å². The van der Waals surface area contributed by atoms with Gasteiger partial charge in [0, 0.05) is 25.9 Å². The molecule has 0 aliphatic carbocycles. The van der Waals surface area contributed by atoms with Crippen molar-refractivity contribution >= 4 is 11.8 Å². The third kappa shape index (κ3) is 1.58. The van der Waals surface area contributed by atoms with Crippen molar-refractivity contribution in [1.29, 1.82) is 0 Å². The van der Waals surface area contributed by atoms with E-state index in [9.17, 15) is 9.59 Å². The summed E-state index contributed by atoms with van der Waals surface area (Å²) in [5.41, 5.74) is 0.